The summed E-state index contributed by atoms with van der Waals surface area (Å²) in [5.41, 5.74) is 2.11. The zero-order valence-corrected chi connectivity index (χ0v) is 20.8. The van der Waals surface area contributed by atoms with Gasteiger partial charge in [-0.1, -0.05) is 30.3 Å². The van der Waals surface area contributed by atoms with Gasteiger partial charge in [-0.3, -0.25) is 9.69 Å². The summed E-state index contributed by atoms with van der Waals surface area (Å²) in [5.74, 6) is -1.60. The lowest BCUT2D eigenvalue weighted by Gasteiger charge is -2.42. The number of carbonyl (C=O) groups excluding carboxylic acids is 1. The first-order chi connectivity index (χ1) is 17.3. The van der Waals surface area contributed by atoms with Crippen molar-refractivity contribution in [3.8, 4) is 11.5 Å². The van der Waals surface area contributed by atoms with E-state index >= 15 is 0 Å². The van der Waals surface area contributed by atoms with Crippen molar-refractivity contribution in [1.82, 2.24) is 9.80 Å². The second kappa shape index (κ2) is 12.9. The number of hydrogen-bond acceptors (Lipinski definition) is 6. The molecule has 1 aliphatic heterocycles. The van der Waals surface area contributed by atoms with Gasteiger partial charge in [0.15, 0.2) is 0 Å². The van der Waals surface area contributed by atoms with E-state index in [-0.39, 0.29) is 5.91 Å². The molecule has 0 unspecified atom stereocenters. The van der Waals surface area contributed by atoms with Gasteiger partial charge >= 0.3 is 11.9 Å². The van der Waals surface area contributed by atoms with E-state index < -0.39 is 11.9 Å². The first kappa shape index (κ1) is 27.0. The topological polar surface area (TPSA) is 117 Å². The second-order valence-electron chi connectivity index (χ2n) is 8.96. The first-order valence-electron chi connectivity index (χ1n) is 12.1. The van der Waals surface area contributed by atoms with Crippen LogP contribution in [0.3, 0.4) is 0 Å². The molecule has 1 saturated heterocycles. The average molecular weight is 499 g/mol. The molecule has 0 aromatic heterocycles. The van der Waals surface area contributed by atoms with E-state index in [4.69, 9.17) is 29.3 Å². The predicted molar refractivity (Wildman–Crippen MR) is 134 cm³/mol. The Hall–Kier alpha value is -3.59. The van der Waals surface area contributed by atoms with E-state index in [0.29, 0.717) is 29.0 Å². The van der Waals surface area contributed by atoms with Crippen LogP contribution in [0.25, 0.3) is 0 Å². The number of carbonyl (C=O) groups is 3. The summed E-state index contributed by atoms with van der Waals surface area (Å²) in [6.45, 7) is 3.45. The number of aliphatic carboxylic acids is 2. The number of piperazine rings is 1. The third-order valence-electron chi connectivity index (χ3n) is 6.87. The molecule has 2 aliphatic rings. The normalized spacial score (nSPS) is 20.0. The van der Waals surface area contributed by atoms with Crippen LogP contribution in [0, 0.1) is 0 Å². The van der Waals surface area contributed by atoms with E-state index in [1.807, 2.05) is 4.90 Å². The molecule has 9 heteroatoms. The van der Waals surface area contributed by atoms with Gasteiger partial charge < -0.3 is 24.6 Å². The number of benzene rings is 2. The fraction of sp³-hybridized carbons (Fsp3) is 0.444. The maximum atomic E-state index is 13.0. The van der Waals surface area contributed by atoms with Crippen molar-refractivity contribution in [2.24, 2.45) is 0 Å². The Balaban J connectivity index is 0.000000538. The first-order valence-corrected chi connectivity index (χ1v) is 12.1. The Bertz CT molecular complexity index is 993. The van der Waals surface area contributed by atoms with Crippen LogP contribution in [0.5, 0.6) is 11.5 Å². The monoisotopic (exact) mass is 498 g/mol. The predicted octanol–water partition coefficient (Wildman–Crippen LogP) is 3.34. The van der Waals surface area contributed by atoms with Gasteiger partial charge in [-0.2, -0.15) is 0 Å². The summed E-state index contributed by atoms with van der Waals surface area (Å²) in [6, 6.07) is 17.0. The number of rotatable bonds is 5. The summed E-state index contributed by atoms with van der Waals surface area (Å²) in [7, 11) is 3.21. The lowest BCUT2D eigenvalue weighted by molar-refractivity contribution is -0.159. The molecule has 9 nitrogen and oxygen atoms in total. The summed E-state index contributed by atoms with van der Waals surface area (Å²) < 4.78 is 10.6. The molecule has 1 aliphatic carbocycles. The fourth-order valence-electron chi connectivity index (χ4n) is 4.90. The van der Waals surface area contributed by atoms with E-state index in [0.717, 1.165) is 26.2 Å². The van der Waals surface area contributed by atoms with Crippen LogP contribution in [0.2, 0.25) is 0 Å². The van der Waals surface area contributed by atoms with Gasteiger partial charge in [0.2, 0.25) is 0 Å². The van der Waals surface area contributed by atoms with E-state index in [1.165, 1.54) is 31.2 Å². The number of methoxy groups -OCH3 is 2. The molecular weight excluding hydrogens is 464 g/mol. The second-order valence-corrected chi connectivity index (χ2v) is 8.96. The van der Waals surface area contributed by atoms with Gasteiger partial charge in [-0.05, 0) is 49.3 Å². The van der Waals surface area contributed by atoms with E-state index in [2.05, 4.69) is 35.2 Å². The van der Waals surface area contributed by atoms with Gasteiger partial charge in [0.05, 0.1) is 14.2 Å². The molecule has 2 aromatic carbocycles. The van der Waals surface area contributed by atoms with Crippen molar-refractivity contribution in [3.05, 3.63) is 59.7 Å². The number of ether oxygens (including phenoxy) is 2. The van der Waals surface area contributed by atoms with Crippen molar-refractivity contribution in [2.45, 2.75) is 37.6 Å². The third kappa shape index (κ3) is 7.21. The van der Waals surface area contributed by atoms with Crippen LogP contribution in [-0.4, -0.2) is 84.3 Å². The number of carboxylic acids is 2. The highest BCUT2D eigenvalue weighted by molar-refractivity contribution is 6.27. The molecule has 1 amide bonds. The number of carboxylic acid groups (broad SMARTS) is 2. The fourth-order valence-corrected chi connectivity index (χ4v) is 4.90. The Kier molecular flexibility index (Phi) is 9.69. The minimum Gasteiger partial charge on any atom is -0.497 e. The van der Waals surface area contributed by atoms with Crippen molar-refractivity contribution < 1.29 is 34.1 Å². The van der Waals surface area contributed by atoms with Crippen molar-refractivity contribution in [3.63, 3.8) is 0 Å². The van der Waals surface area contributed by atoms with E-state index in [9.17, 15) is 4.79 Å². The van der Waals surface area contributed by atoms with Crippen LogP contribution in [0.1, 0.15) is 47.5 Å². The molecule has 2 N–H and O–H groups in total. The SMILES string of the molecule is COc1cc(OC)cc(C(=O)N2CCN(C3CCC(c4ccccc4)CC3)CC2)c1.O=C(O)C(=O)O. The summed E-state index contributed by atoms with van der Waals surface area (Å²) in [6.07, 6.45) is 5.02. The maximum absolute atomic E-state index is 13.0. The van der Waals surface area contributed by atoms with Gasteiger partial charge in [-0.25, -0.2) is 9.59 Å². The zero-order chi connectivity index (χ0) is 26.1. The maximum Gasteiger partial charge on any atom is 0.414 e. The minimum atomic E-state index is -1.82. The molecule has 1 heterocycles. The molecule has 4 rings (SSSR count). The highest BCUT2D eigenvalue weighted by atomic mass is 16.5. The quantitative estimate of drug-likeness (QED) is 0.603. The molecule has 2 fully saturated rings. The Morgan fingerprint density at radius 3 is 1.78 bits per heavy atom. The van der Waals surface area contributed by atoms with Gasteiger partial charge in [0, 0.05) is 43.9 Å². The summed E-state index contributed by atoms with van der Waals surface area (Å²) >= 11 is 0. The Morgan fingerprint density at radius 2 is 1.31 bits per heavy atom. The molecule has 0 bridgehead atoms. The van der Waals surface area contributed by atoms with Crippen LogP contribution >= 0.6 is 0 Å². The minimum absolute atomic E-state index is 0.0552. The number of nitrogens with zero attached hydrogens (tertiary/aromatic N) is 2. The Morgan fingerprint density at radius 1 is 0.778 bits per heavy atom. The lowest BCUT2D eigenvalue weighted by Crippen LogP contribution is -2.52. The standard InChI is InChI=1S/C25H32N2O3.C2H2O4/c1-29-23-16-21(17-24(18-23)30-2)25(28)27-14-12-26(13-15-27)22-10-8-20(9-11-22)19-6-4-3-5-7-19;3-1(4)2(5)6/h3-7,16-18,20,22H,8-15H2,1-2H3;(H,3,4)(H,5,6). The summed E-state index contributed by atoms with van der Waals surface area (Å²) in [4.78, 5) is 35.8. The van der Waals surface area contributed by atoms with Crippen molar-refractivity contribution in [1.29, 1.82) is 0 Å². The number of hydrogen-bond donors (Lipinski definition) is 2. The van der Waals surface area contributed by atoms with Crippen LogP contribution < -0.4 is 9.47 Å². The number of amides is 1. The smallest absolute Gasteiger partial charge is 0.414 e. The Labute approximate surface area is 211 Å². The third-order valence-corrected chi connectivity index (χ3v) is 6.87. The molecule has 36 heavy (non-hydrogen) atoms. The molecule has 2 aromatic rings. The highest BCUT2D eigenvalue weighted by Crippen LogP contribution is 2.35. The molecule has 194 valence electrons. The van der Waals surface area contributed by atoms with Crippen LogP contribution in [0.15, 0.2) is 48.5 Å². The highest BCUT2D eigenvalue weighted by Gasteiger charge is 2.30. The molecule has 0 radical (unpaired) electrons. The van der Waals surface area contributed by atoms with Crippen LogP contribution in [-0.2, 0) is 9.59 Å². The van der Waals surface area contributed by atoms with Crippen LogP contribution in [0.4, 0.5) is 0 Å². The van der Waals surface area contributed by atoms with Crippen molar-refractivity contribution in [2.75, 3.05) is 40.4 Å². The molecule has 0 spiro atoms. The largest absolute Gasteiger partial charge is 0.497 e. The molecule has 1 saturated carbocycles. The van der Waals surface area contributed by atoms with E-state index in [1.54, 1.807) is 32.4 Å². The molecule has 0 atom stereocenters. The van der Waals surface area contributed by atoms with Gasteiger partial charge in [0.25, 0.3) is 5.91 Å². The zero-order valence-electron chi connectivity index (χ0n) is 20.8. The summed E-state index contributed by atoms with van der Waals surface area (Å²) in [5, 5.41) is 14.8. The lowest BCUT2D eigenvalue weighted by atomic mass is 9.81. The molecular formula is C27H34N2O7. The van der Waals surface area contributed by atoms with Gasteiger partial charge in [0.1, 0.15) is 11.5 Å². The average Bonchev–Trinajstić information content (AvgIpc) is 2.93. The van der Waals surface area contributed by atoms with Gasteiger partial charge in [-0.15, -0.1) is 0 Å². The van der Waals surface area contributed by atoms with Crippen molar-refractivity contribution >= 4 is 17.8 Å².